The Kier molecular flexibility index (Phi) is 2.51. The van der Waals surface area contributed by atoms with E-state index in [-0.39, 0.29) is 18.3 Å². The second-order valence-electron chi connectivity index (χ2n) is 3.06. The number of nitrogens with one attached hydrogen (secondary N) is 1. The lowest BCUT2D eigenvalue weighted by atomic mass is 10.2. The summed E-state index contributed by atoms with van der Waals surface area (Å²) >= 11 is 4.96. The summed E-state index contributed by atoms with van der Waals surface area (Å²) in [6.45, 7) is 0.286. The maximum Gasteiger partial charge on any atom is 0.220 e. The number of halogens is 1. The molecule has 2 rings (SSSR count). The molecule has 1 aromatic heterocycles. The van der Waals surface area contributed by atoms with E-state index in [9.17, 15) is 4.39 Å². The molecule has 0 aliphatic carbocycles. The second kappa shape index (κ2) is 3.82. The van der Waals surface area contributed by atoms with Gasteiger partial charge in [-0.05, 0) is 18.3 Å². The maximum atomic E-state index is 13.3. The minimum atomic E-state index is -0.278. The average molecular weight is 224 g/mol. The summed E-state index contributed by atoms with van der Waals surface area (Å²) in [6, 6.07) is 6.48. The predicted molar refractivity (Wildman–Crippen MR) is 57.3 cm³/mol. The van der Waals surface area contributed by atoms with Gasteiger partial charge in [-0.25, -0.2) is 9.49 Å². The summed E-state index contributed by atoms with van der Waals surface area (Å²) in [7, 11) is 0. The topological polar surface area (TPSA) is 59.6 Å². The van der Waals surface area contributed by atoms with E-state index in [0.29, 0.717) is 10.3 Å². The molecule has 78 valence electrons. The largest absolute Gasteiger partial charge is 0.368 e. The summed E-state index contributed by atoms with van der Waals surface area (Å²) in [5, 5.41) is 6.29. The first kappa shape index (κ1) is 9.85. The molecule has 0 aliphatic heterocycles. The number of nitrogens with zero attached hydrogens (tertiary/aromatic N) is 2. The van der Waals surface area contributed by atoms with E-state index in [4.69, 9.17) is 18.0 Å². The smallest absolute Gasteiger partial charge is 0.220 e. The van der Waals surface area contributed by atoms with Gasteiger partial charge in [-0.1, -0.05) is 18.2 Å². The fourth-order valence-electron chi connectivity index (χ4n) is 1.28. The van der Waals surface area contributed by atoms with Gasteiger partial charge in [0.2, 0.25) is 5.95 Å². The molecule has 15 heavy (non-hydrogen) atoms. The lowest BCUT2D eigenvalue weighted by molar-refractivity contribution is 0.599. The number of aromatic amines is 1. The zero-order valence-corrected chi connectivity index (χ0v) is 8.59. The van der Waals surface area contributed by atoms with Crippen molar-refractivity contribution in [1.82, 2.24) is 14.8 Å². The second-order valence-corrected chi connectivity index (χ2v) is 3.45. The van der Waals surface area contributed by atoms with Crippen LogP contribution in [0.3, 0.4) is 0 Å². The molecule has 0 aliphatic rings. The third kappa shape index (κ3) is 1.89. The van der Waals surface area contributed by atoms with Crippen molar-refractivity contribution in [2.75, 3.05) is 5.73 Å². The minimum Gasteiger partial charge on any atom is -0.368 e. The molecule has 0 bridgehead atoms. The lowest BCUT2D eigenvalue weighted by Gasteiger charge is -2.04. The van der Waals surface area contributed by atoms with E-state index in [0.717, 1.165) is 0 Å². The van der Waals surface area contributed by atoms with Gasteiger partial charge in [0.15, 0.2) is 4.77 Å². The van der Waals surface area contributed by atoms with Crippen LogP contribution in [0, 0.1) is 10.6 Å². The number of aromatic nitrogens is 3. The lowest BCUT2D eigenvalue weighted by Crippen LogP contribution is -2.06. The standard InChI is InChI=1S/C9H9FN4S/c10-7-4-2-1-3-6(7)5-14-8(11)12-13-9(14)15/h1-4H,5H2,(H2,11,12)(H,13,15). The van der Waals surface area contributed by atoms with Crippen LogP contribution in [-0.2, 0) is 6.54 Å². The molecule has 0 fully saturated rings. The van der Waals surface area contributed by atoms with E-state index in [1.165, 1.54) is 10.6 Å². The molecule has 0 amide bonds. The Labute approximate surface area is 90.5 Å². The first-order chi connectivity index (χ1) is 7.18. The van der Waals surface area contributed by atoms with Crippen molar-refractivity contribution in [3.05, 3.63) is 40.4 Å². The highest BCUT2D eigenvalue weighted by Crippen LogP contribution is 2.10. The quantitative estimate of drug-likeness (QED) is 0.763. The van der Waals surface area contributed by atoms with Gasteiger partial charge in [-0.2, -0.15) is 0 Å². The molecule has 0 spiro atoms. The van der Waals surface area contributed by atoms with Gasteiger partial charge in [-0.15, -0.1) is 5.10 Å². The van der Waals surface area contributed by atoms with E-state index in [1.54, 1.807) is 18.2 Å². The van der Waals surface area contributed by atoms with Gasteiger partial charge in [0.25, 0.3) is 0 Å². The zero-order valence-electron chi connectivity index (χ0n) is 7.77. The number of nitrogen functional groups attached to an aromatic ring is 1. The van der Waals surface area contributed by atoms with Crippen molar-refractivity contribution >= 4 is 18.2 Å². The minimum absolute atomic E-state index is 0.253. The van der Waals surface area contributed by atoms with Gasteiger partial charge in [-0.3, -0.25) is 4.57 Å². The molecule has 0 saturated carbocycles. The molecule has 0 radical (unpaired) electrons. The van der Waals surface area contributed by atoms with Crippen LogP contribution < -0.4 is 5.73 Å². The molecule has 4 nitrogen and oxygen atoms in total. The van der Waals surface area contributed by atoms with Crippen molar-refractivity contribution in [3.8, 4) is 0 Å². The first-order valence-electron chi connectivity index (χ1n) is 4.32. The molecular formula is C9H9FN4S. The summed E-state index contributed by atoms with van der Waals surface area (Å²) in [4.78, 5) is 0. The number of hydrogen-bond acceptors (Lipinski definition) is 3. The normalized spacial score (nSPS) is 10.5. The van der Waals surface area contributed by atoms with Crippen molar-refractivity contribution < 1.29 is 4.39 Å². The predicted octanol–water partition coefficient (Wildman–Crippen LogP) is 1.71. The Hall–Kier alpha value is -1.69. The third-order valence-electron chi connectivity index (χ3n) is 2.07. The number of H-pyrrole nitrogens is 1. The van der Waals surface area contributed by atoms with E-state index in [2.05, 4.69) is 10.2 Å². The van der Waals surface area contributed by atoms with Crippen LogP contribution in [0.1, 0.15) is 5.56 Å². The van der Waals surface area contributed by atoms with Gasteiger partial charge in [0.05, 0.1) is 6.54 Å². The van der Waals surface area contributed by atoms with Crippen molar-refractivity contribution in [3.63, 3.8) is 0 Å². The Morgan fingerprint density at radius 1 is 1.47 bits per heavy atom. The molecule has 1 aromatic carbocycles. The number of hydrogen-bond donors (Lipinski definition) is 2. The zero-order chi connectivity index (χ0) is 10.8. The molecule has 2 aromatic rings. The molecule has 0 unspecified atom stereocenters. The maximum absolute atomic E-state index is 13.3. The number of anilines is 1. The van der Waals surface area contributed by atoms with Crippen molar-refractivity contribution in [1.29, 1.82) is 0 Å². The molecular weight excluding hydrogens is 215 g/mol. The fraction of sp³-hybridized carbons (Fsp3) is 0.111. The van der Waals surface area contributed by atoms with Crippen molar-refractivity contribution in [2.24, 2.45) is 0 Å². The van der Waals surface area contributed by atoms with Crippen molar-refractivity contribution in [2.45, 2.75) is 6.54 Å². The van der Waals surface area contributed by atoms with Crippen LogP contribution in [0.15, 0.2) is 24.3 Å². The molecule has 3 N–H and O–H groups in total. The Morgan fingerprint density at radius 3 is 2.80 bits per heavy atom. The summed E-state index contributed by atoms with van der Waals surface area (Å²) in [5.74, 6) is -0.0248. The number of benzene rings is 1. The van der Waals surface area contributed by atoms with Crippen LogP contribution in [0.2, 0.25) is 0 Å². The fourth-order valence-corrected chi connectivity index (χ4v) is 1.48. The summed E-state index contributed by atoms with van der Waals surface area (Å²) < 4.78 is 15.2. The summed E-state index contributed by atoms with van der Waals surface area (Å²) in [5.41, 5.74) is 6.10. The van der Waals surface area contributed by atoms with Gasteiger partial charge < -0.3 is 5.73 Å². The number of rotatable bonds is 2. The Bertz CT molecular complexity index is 531. The van der Waals surface area contributed by atoms with Gasteiger partial charge in [0.1, 0.15) is 5.82 Å². The van der Waals surface area contributed by atoms with Gasteiger partial charge >= 0.3 is 0 Å². The SMILES string of the molecule is Nc1n[nH]c(=S)n1Cc1ccccc1F. The van der Waals surface area contributed by atoms with E-state index < -0.39 is 0 Å². The van der Waals surface area contributed by atoms with Crippen LogP contribution >= 0.6 is 12.2 Å². The van der Waals surface area contributed by atoms with Crippen LogP contribution in [0.4, 0.5) is 10.3 Å². The van der Waals surface area contributed by atoms with Crippen LogP contribution in [0.5, 0.6) is 0 Å². The molecule has 0 saturated heterocycles. The molecule has 6 heteroatoms. The van der Waals surface area contributed by atoms with Crippen LogP contribution in [0.25, 0.3) is 0 Å². The Balaban J connectivity index is 2.38. The molecule has 1 heterocycles. The van der Waals surface area contributed by atoms with Crippen LogP contribution in [-0.4, -0.2) is 14.8 Å². The summed E-state index contributed by atoms with van der Waals surface area (Å²) in [6.07, 6.45) is 0. The highest BCUT2D eigenvalue weighted by molar-refractivity contribution is 7.71. The highest BCUT2D eigenvalue weighted by Gasteiger charge is 2.05. The third-order valence-corrected chi connectivity index (χ3v) is 2.39. The monoisotopic (exact) mass is 224 g/mol. The highest BCUT2D eigenvalue weighted by atomic mass is 32.1. The average Bonchev–Trinajstić information content (AvgIpc) is 2.53. The van der Waals surface area contributed by atoms with E-state index >= 15 is 0 Å². The number of nitrogens with two attached hydrogens (primary N) is 1. The van der Waals surface area contributed by atoms with Gasteiger partial charge in [0, 0.05) is 5.56 Å². The van der Waals surface area contributed by atoms with E-state index in [1.807, 2.05) is 0 Å². The first-order valence-corrected chi connectivity index (χ1v) is 4.73. The Morgan fingerprint density at radius 2 is 2.20 bits per heavy atom. The molecule has 0 atom stereocenters.